The summed E-state index contributed by atoms with van der Waals surface area (Å²) in [7, 11) is 0. The molecule has 0 saturated carbocycles. The number of nitrogens with zero attached hydrogens (tertiary/aromatic N) is 3. The third-order valence-corrected chi connectivity index (χ3v) is 3.35. The van der Waals surface area contributed by atoms with E-state index in [1.165, 1.54) is 0 Å². The Morgan fingerprint density at radius 2 is 2.07 bits per heavy atom. The molecule has 1 atom stereocenters. The number of hydrogen-bond acceptors (Lipinski definition) is 3. The Morgan fingerprint density at radius 1 is 1.27 bits per heavy atom. The summed E-state index contributed by atoms with van der Waals surface area (Å²) >= 11 is 5.74. The molecule has 15 heavy (non-hydrogen) atoms. The van der Waals surface area contributed by atoms with E-state index in [1.807, 2.05) is 0 Å². The first-order valence-electron chi connectivity index (χ1n) is 5.80. The quantitative estimate of drug-likeness (QED) is 0.657. The van der Waals surface area contributed by atoms with E-state index in [1.54, 1.807) is 0 Å². The molecule has 2 fully saturated rings. The van der Waals surface area contributed by atoms with Crippen LogP contribution in [0, 0.1) is 0 Å². The molecule has 1 N–H and O–H groups in total. The molecule has 2 saturated heterocycles. The maximum absolute atomic E-state index is 5.74. The number of halogens is 1. The molecule has 2 aliphatic rings. The minimum atomic E-state index is 0.414. The summed E-state index contributed by atoms with van der Waals surface area (Å²) in [5.41, 5.74) is 0. The van der Waals surface area contributed by atoms with E-state index in [9.17, 15) is 0 Å². The molecule has 0 bridgehead atoms. The van der Waals surface area contributed by atoms with Crippen molar-refractivity contribution < 1.29 is 0 Å². The molecule has 2 aliphatic heterocycles. The van der Waals surface area contributed by atoms with Gasteiger partial charge in [0.2, 0.25) is 0 Å². The van der Waals surface area contributed by atoms with E-state index in [-0.39, 0.29) is 0 Å². The van der Waals surface area contributed by atoms with Crippen LogP contribution in [0.4, 0.5) is 0 Å². The largest absolute Gasteiger partial charge is 0.312 e. The summed E-state index contributed by atoms with van der Waals surface area (Å²) in [4.78, 5) is 4.91. The van der Waals surface area contributed by atoms with E-state index in [4.69, 9.17) is 11.6 Å². The van der Waals surface area contributed by atoms with E-state index >= 15 is 0 Å². The lowest BCUT2D eigenvalue weighted by Gasteiger charge is -2.40. The first-order valence-corrected chi connectivity index (χ1v) is 6.33. The smallest absolute Gasteiger partial charge is 0.0888 e. The Labute approximate surface area is 96.9 Å². The van der Waals surface area contributed by atoms with Crippen molar-refractivity contribution in [3.8, 4) is 0 Å². The maximum atomic E-state index is 5.74. The third-order valence-electron chi connectivity index (χ3n) is 3.18. The van der Waals surface area contributed by atoms with Gasteiger partial charge in [-0.2, -0.15) is 0 Å². The van der Waals surface area contributed by atoms with Crippen LogP contribution in [0.2, 0.25) is 0 Å². The van der Waals surface area contributed by atoms with E-state index < -0.39 is 0 Å². The number of piperazine rings is 2. The highest BCUT2D eigenvalue weighted by Gasteiger charge is 2.24. The molecule has 0 aliphatic carbocycles. The molecule has 5 heteroatoms. The van der Waals surface area contributed by atoms with Crippen LogP contribution < -0.4 is 10.6 Å². The van der Waals surface area contributed by atoms with Crippen LogP contribution in [-0.4, -0.2) is 74.2 Å². The van der Waals surface area contributed by atoms with Crippen LogP contribution in [0.25, 0.3) is 0 Å². The zero-order valence-electron chi connectivity index (χ0n) is 9.16. The second-order valence-corrected chi connectivity index (χ2v) is 4.54. The summed E-state index contributed by atoms with van der Waals surface area (Å²) in [5, 5.41) is 8.04. The Balaban J connectivity index is 1.72. The van der Waals surface area contributed by atoms with Gasteiger partial charge in [0.25, 0.3) is 0 Å². The fourth-order valence-corrected chi connectivity index (χ4v) is 2.48. The third kappa shape index (κ3) is 3.29. The lowest BCUT2D eigenvalue weighted by atomic mass is 10.2. The van der Waals surface area contributed by atoms with Crippen molar-refractivity contribution in [2.45, 2.75) is 6.17 Å². The van der Waals surface area contributed by atoms with Gasteiger partial charge < -0.3 is 5.32 Å². The molecule has 1 radical (unpaired) electrons. The van der Waals surface area contributed by atoms with E-state index in [2.05, 4.69) is 20.4 Å². The average molecular weight is 232 g/mol. The van der Waals surface area contributed by atoms with Crippen LogP contribution in [-0.2, 0) is 0 Å². The van der Waals surface area contributed by atoms with Crippen LogP contribution in [0.3, 0.4) is 0 Å². The van der Waals surface area contributed by atoms with Gasteiger partial charge in [0.15, 0.2) is 0 Å². The predicted octanol–water partition coefficient (Wildman–Crippen LogP) is -0.623. The summed E-state index contributed by atoms with van der Waals surface area (Å²) in [6.45, 7) is 8.59. The SMILES string of the molecule is ClCCN1CCN(C2CNCC[N]2)CC1. The van der Waals surface area contributed by atoms with Crippen molar-refractivity contribution in [3.63, 3.8) is 0 Å². The molecular formula is C10H20ClN4. The fourth-order valence-electron chi connectivity index (χ4n) is 2.24. The minimum absolute atomic E-state index is 0.414. The Bertz CT molecular complexity index is 176. The maximum Gasteiger partial charge on any atom is 0.0888 e. The van der Waals surface area contributed by atoms with Crippen molar-refractivity contribution in [3.05, 3.63) is 0 Å². The van der Waals surface area contributed by atoms with Gasteiger partial charge in [0.05, 0.1) is 6.17 Å². The number of nitrogens with one attached hydrogen (secondary N) is 1. The molecule has 0 amide bonds. The van der Waals surface area contributed by atoms with Crippen molar-refractivity contribution >= 4 is 11.6 Å². The standard InChI is InChI=1S/C10H20ClN4/c11-1-4-14-5-7-15(8-6-14)10-9-12-2-3-13-10/h10,12H,1-9H2. The van der Waals surface area contributed by atoms with Crippen LogP contribution >= 0.6 is 11.6 Å². The van der Waals surface area contributed by atoms with Gasteiger partial charge in [-0.3, -0.25) is 9.80 Å². The second kappa shape index (κ2) is 6.01. The van der Waals surface area contributed by atoms with E-state index in [0.29, 0.717) is 6.17 Å². The molecule has 0 aromatic heterocycles. The zero-order chi connectivity index (χ0) is 10.5. The van der Waals surface area contributed by atoms with Gasteiger partial charge in [0, 0.05) is 58.2 Å². The van der Waals surface area contributed by atoms with Gasteiger partial charge in [0.1, 0.15) is 0 Å². The lowest BCUT2D eigenvalue weighted by molar-refractivity contribution is 0.0752. The minimum Gasteiger partial charge on any atom is -0.312 e. The highest BCUT2D eigenvalue weighted by atomic mass is 35.5. The lowest BCUT2D eigenvalue weighted by Crippen LogP contribution is -2.59. The summed E-state index contributed by atoms with van der Waals surface area (Å²) < 4.78 is 0. The van der Waals surface area contributed by atoms with E-state index in [0.717, 1.165) is 58.2 Å². The fraction of sp³-hybridized carbons (Fsp3) is 1.00. The summed E-state index contributed by atoms with van der Waals surface area (Å²) in [5.74, 6) is 0.745. The Morgan fingerprint density at radius 3 is 2.67 bits per heavy atom. The van der Waals surface area contributed by atoms with Crippen molar-refractivity contribution in [1.29, 1.82) is 0 Å². The van der Waals surface area contributed by atoms with Crippen molar-refractivity contribution in [2.24, 2.45) is 0 Å². The zero-order valence-corrected chi connectivity index (χ0v) is 9.92. The topological polar surface area (TPSA) is 32.6 Å². The Hall–Kier alpha value is 0.130. The Kier molecular flexibility index (Phi) is 4.65. The highest BCUT2D eigenvalue weighted by molar-refractivity contribution is 6.18. The molecule has 1 unspecified atom stereocenters. The van der Waals surface area contributed by atoms with Gasteiger partial charge in [-0.15, -0.1) is 11.6 Å². The van der Waals surface area contributed by atoms with Gasteiger partial charge in [-0.1, -0.05) is 0 Å². The first-order chi connectivity index (χ1) is 7.40. The molecular weight excluding hydrogens is 212 g/mol. The highest BCUT2D eigenvalue weighted by Crippen LogP contribution is 2.06. The molecule has 4 nitrogen and oxygen atoms in total. The molecule has 2 heterocycles. The first kappa shape index (κ1) is 11.6. The molecule has 0 spiro atoms. The van der Waals surface area contributed by atoms with Crippen molar-refractivity contribution in [2.75, 3.05) is 58.2 Å². The molecule has 2 rings (SSSR count). The normalized spacial score (nSPS) is 30.6. The number of alkyl halides is 1. The average Bonchev–Trinajstić information content (AvgIpc) is 2.32. The van der Waals surface area contributed by atoms with Crippen LogP contribution in [0.15, 0.2) is 0 Å². The number of rotatable bonds is 3. The summed E-state index contributed by atoms with van der Waals surface area (Å²) in [6.07, 6.45) is 0.414. The second-order valence-electron chi connectivity index (χ2n) is 4.16. The van der Waals surface area contributed by atoms with Gasteiger partial charge in [-0.05, 0) is 0 Å². The number of hydrogen-bond donors (Lipinski definition) is 1. The molecule has 0 aromatic carbocycles. The monoisotopic (exact) mass is 231 g/mol. The summed E-state index contributed by atoms with van der Waals surface area (Å²) in [6, 6.07) is 0. The van der Waals surface area contributed by atoms with Crippen molar-refractivity contribution in [1.82, 2.24) is 20.4 Å². The van der Waals surface area contributed by atoms with Crippen LogP contribution in [0.1, 0.15) is 0 Å². The van der Waals surface area contributed by atoms with Crippen LogP contribution in [0.5, 0.6) is 0 Å². The molecule has 87 valence electrons. The molecule has 0 aromatic rings. The predicted molar refractivity (Wildman–Crippen MR) is 62.4 cm³/mol. The van der Waals surface area contributed by atoms with Gasteiger partial charge in [-0.25, -0.2) is 5.32 Å². The van der Waals surface area contributed by atoms with Gasteiger partial charge >= 0.3 is 0 Å².